The lowest BCUT2D eigenvalue weighted by atomic mass is 10.2. The molecule has 0 saturated carbocycles. The predicted molar refractivity (Wildman–Crippen MR) is 85.3 cm³/mol. The number of benzene rings is 2. The summed E-state index contributed by atoms with van der Waals surface area (Å²) in [6, 6.07) is 13.5. The summed E-state index contributed by atoms with van der Waals surface area (Å²) < 4.78 is 18.1. The zero-order chi connectivity index (χ0) is 15.9. The SMILES string of the molecule is CC(C)COC(=O)c1cccc(NCc2ccc(F)cc2)c1. The van der Waals surface area contributed by atoms with Crippen molar-refractivity contribution in [1.29, 1.82) is 0 Å². The topological polar surface area (TPSA) is 38.3 Å². The molecule has 3 nitrogen and oxygen atoms in total. The van der Waals surface area contributed by atoms with E-state index in [1.807, 2.05) is 19.9 Å². The van der Waals surface area contributed by atoms with Crippen LogP contribution in [0, 0.1) is 11.7 Å². The van der Waals surface area contributed by atoms with Gasteiger partial charge in [0.2, 0.25) is 0 Å². The zero-order valence-electron chi connectivity index (χ0n) is 12.8. The normalized spacial score (nSPS) is 10.5. The van der Waals surface area contributed by atoms with Crippen molar-refractivity contribution in [2.75, 3.05) is 11.9 Å². The van der Waals surface area contributed by atoms with Gasteiger partial charge in [0.25, 0.3) is 0 Å². The molecule has 1 N–H and O–H groups in total. The number of halogens is 1. The summed E-state index contributed by atoms with van der Waals surface area (Å²) >= 11 is 0. The molecule has 0 aliphatic rings. The van der Waals surface area contributed by atoms with Crippen LogP contribution in [-0.4, -0.2) is 12.6 Å². The number of carbonyl (C=O) groups is 1. The van der Waals surface area contributed by atoms with Crippen LogP contribution in [0.5, 0.6) is 0 Å². The van der Waals surface area contributed by atoms with Gasteiger partial charge in [-0.05, 0) is 41.8 Å². The molecule has 0 radical (unpaired) electrons. The number of nitrogens with one attached hydrogen (secondary N) is 1. The highest BCUT2D eigenvalue weighted by atomic mass is 19.1. The highest BCUT2D eigenvalue weighted by molar-refractivity contribution is 5.90. The summed E-state index contributed by atoms with van der Waals surface area (Å²) in [6.45, 7) is 4.96. The maximum atomic E-state index is 12.8. The number of hydrogen-bond acceptors (Lipinski definition) is 3. The summed E-state index contributed by atoms with van der Waals surface area (Å²) in [5, 5.41) is 3.21. The van der Waals surface area contributed by atoms with E-state index in [0.29, 0.717) is 24.6 Å². The Hall–Kier alpha value is -2.36. The minimum Gasteiger partial charge on any atom is -0.462 e. The second kappa shape index (κ2) is 7.59. The molecule has 0 amide bonds. The van der Waals surface area contributed by atoms with Crippen LogP contribution in [0.4, 0.5) is 10.1 Å². The van der Waals surface area contributed by atoms with Crippen LogP contribution in [-0.2, 0) is 11.3 Å². The molecule has 0 fully saturated rings. The molecule has 0 aliphatic heterocycles. The fraction of sp³-hybridized carbons (Fsp3) is 0.278. The van der Waals surface area contributed by atoms with E-state index < -0.39 is 0 Å². The molecule has 4 heteroatoms. The van der Waals surface area contributed by atoms with Crippen molar-refractivity contribution in [3.63, 3.8) is 0 Å². The Kier molecular flexibility index (Phi) is 5.53. The number of rotatable bonds is 6. The number of esters is 1. The third-order valence-corrected chi connectivity index (χ3v) is 3.06. The van der Waals surface area contributed by atoms with Crippen molar-refractivity contribution >= 4 is 11.7 Å². The second-order valence-corrected chi connectivity index (χ2v) is 5.55. The number of carbonyl (C=O) groups excluding carboxylic acids is 1. The third kappa shape index (κ3) is 4.88. The van der Waals surface area contributed by atoms with Crippen LogP contribution in [0.3, 0.4) is 0 Å². The average Bonchev–Trinajstić information content (AvgIpc) is 2.52. The van der Waals surface area contributed by atoms with Gasteiger partial charge >= 0.3 is 5.97 Å². The summed E-state index contributed by atoms with van der Waals surface area (Å²) in [7, 11) is 0. The molecule has 2 aromatic carbocycles. The maximum absolute atomic E-state index is 12.8. The monoisotopic (exact) mass is 301 g/mol. The summed E-state index contributed by atoms with van der Waals surface area (Å²) in [4.78, 5) is 11.9. The fourth-order valence-electron chi connectivity index (χ4n) is 1.89. The van der Waals surface area contributed by atoms with E-state index in [1.165, 1.54) is 12.1 Å². The first-order valence-electron chi connectivity index (χ1n) is 7.30. The Morgan fingerprint density at radius 3 is 2.59 bits per heavy atom. The Morgan fingerprint density at radius 2 is 1.91 bits per heavy atom. The van der Waals surface area contributed by atoms with Crippen LogP contribution in [0.2, 0.25) is 0 Å². The van der Waals surface area contributed by atoms with Gasteiger partial charge in [-0.1, -0.05) is 32.0 Å². The molecule has 0 aromatic heterocycles. The lowest BCUT2D eigenvalue weighted by Gasteiger charge is -2.10. The average molecular weight is 301 g/mol. The molecule has 0 heterocycles. The highest BCUT2D eigenvalue weighted by Crippen LogP contribution is 2.14. The van der Waals surface area contributed by atoms with Gasteiger partial charge in [0, 0.05) is 12.2 Å². The van der Waals surface area contributed by atoms with Gasteiger partial charge < -0.3 is 10.1 Å². The van der Waals surface area contributed by atoms with E-state index in [-0.39, 0.29) is 11.8 Å². The molecule has 22 heavy (non-hydrogen) atoms. The molecule has 0 bridgehead atoms. The smallest absolute Gasteiger partial charge is 0.338 e. The molecule has 2 rings (SSSR count). The van der Waals surface area contributed by atoms with E-state index in [2.05, 4.69) is 5.32 Å². The van der Waals surface area contributed by atoms with Crippen LogP contribution in [0.25, 0.3) is 0 Å². The molecule has 0 spiro atoms. The van der Waals surface area contributed by atoms with Crippen molar-refractivity contribution in [3.05, 3.63) is 65.5 Å². The first-order valence-corrected chi connectivity index (χ1v) is 7.30. The van der Waals surface area contributed by atoms with E-state index in [1.54, 1.807) is 30.3 Å². The molecule has 0 aliphatic carbocycles. The summed E-state index contributed by atoms with van der Waals surface area (Å²) in [5.74, 6) is -0.262. The van der Waals surface area contributed by atoms with Crippen molar-refractivity contribution < 1.29 is 13.9 Å². The predicted octanol–water partition coefficient (Wildman–Crippen LogP) is 4.25. The minimum atomic E-state index is -0.320. The van der Waals surface area contributed by atoms with Crippen molar-refractivity contribution in [3.8, 4) is 0 Å². The first-order chi connectivity index (χ1) is 10.5. The molecule has 0 unspecified atom stereocenters. The summed E-state index contributed by atoms with van der Waals surface area (Å²) in [5.41, 5.74) is 2.31. The molecule has 116 valence electrons. The van der Waals surface area contributed by atoms with E-state index >= 15 is 0 Å². The van der Waals surface area contributed by atoms with E-state index in [9.17, 15) is 9.18 Å². The zero-order valence-corrected chi connectivity index (χ0v) is 12.8. The standard InChI is InChI=1S/C18H20FNO2/c1-13(2)12-22-18(21)15-4-3-5-17(10-15)20-11-14-6-8-16(19)9-7-14/h3-10,13,20H,11-12H2,1-2H3. The lowest BCUT2D eigenvalue weighted by Crippen LogP contribution is -2.10. The number of hydrogen-bond donors (Lipinski definition) is 1. The molecule has 0 atom stereocenters. The van der Waals surface area contributed by atoms with Crippen molar-refractivity contribution in [2.24, 2.45) is 5.92 Å². The van der Waals surface area contributed by atoms with Crippen LogP contribution in [0.1, 0.15) is 29.8 Å². The van der Waals surface area contributed by atoms with Gasteiger partial charge in [0.1, 0.15) is 5.82 Å². The molecule has 2 aromatic rings. The van der Waals surface area contributed by atoms with Crippen molar-refractivity contribution in [1.82, 2.24) is 0 Å². The number of ether oxygens (including phenoxy) is 1. The van der Waals surface area contributed by atoms with E-state index in [0.717, 1.165) is 11.3 Å². The second-order valence-electron chi connectivity index (χ2n) is 5.55. The van der Waals surface area contributed by atoms with Gasteiger partial charge in [-0.15, -0.1) is 0 Å². The van der Waals surface area contributed by atoms with Gasteiger partial charge in [-0.2, -0.15) is 0 Å². The van der Waals surface area contributed by atoms with Gasteiger partial charge in [0.15, 0.2) is 0 Å². The lowest BCUT2D eigenvalue weighted by molar-refractivity contribution is 0.0459. The van der Waals surface area contributed by atoms with Gasteiger partial charge in [-0.3, -0.25) is 0 Å². The third-order valence-electron chi connectivity index (χ3n) is 3.06. The summed E-state index contributed by atoms with van der Waals surface area (Å²) in [6.07, 6.45) is 0. The highest BCUT2D eigenvalue weighted by Gasteiger charge is 2.08. The maximum Gasteiger partial charge on any atom is 0.338 e. The van der Waals surface area contributed by atoms with Crippen molar-refractivity contribution in [2.45, 2.75) is 20.4 Å². The quantitative estimate of drug-likeness (QED) is 0.811. The first kappa shape index (κ1) is 16.0. The fourth-order valence-corrected chi connectivity index (χ4v) is 1.89. The van der Waals surface area contributed by atoms with Gasteiger partial charge in [-0.25, -0.2) is 9.18 Å². The molecular weight excluding hydrogens is 281 g/mol. The Morgan fingerprint density at radius 1 is 1.18 bits per heavy atom. The largest absolute Gasteiger partial charge is 0.462 e. The minimum absolute atomic E-state index is 0.251. The Balaban J connectivity index is 1.96. The van der Waals surface area contributed by atoms with E-state index in [4.69, 9.17) is 4.74 Å². The van der Waals surface area contributed by atoms with Crippen LogP contribution >= 0.6 is 0 Å². The number of anilines is 1. The van der Waals surface area contributed by atoms with Crippen LogP contribution in [0.15, 0.2) is 48.5 Å². The Bertz CT molecular complexity index is 623. The Labute approximate surface area is 130 Å². The van der Waals surface area contributed by atoms with Gasteiger partial charge in [0.05, 0.1) is 12.2 Å². The van der Waals surface area contributed by atoms with Crippen LogP contribution < -0.4 is 5.32 Å². The molecular formula is C18H20FNO2. The molecule has 0 saturated heterocycles.